The molecule has 150 valence electrons. The van der Waals surface area contributed by atoms with E-state index in [1.807, 2.05) is 44.2 Å². The van der Waals surface area contributed by atoms with Gasteiger partial charge in [-0.15, -0.1) is 0 Å². The van der Waals surface area contributed by atoms with Crippen LogP contribution in [0.15, 0.2) is 60.7 Å². The Kier molecular flexibility index (Phi) is 4.82. The highest BCUT2D eigenvalue weighted by Gasteiger charge is 2.32. The molecule has 2 atom stereocenters. The maximum absolute atomic E-state index is 12.9. The van der Waals surface area contributed by atoms with Crippen molar-refractivity contribution in [2.75, 3.05) is 10.6 Å². The van der Waals surface area contributed by atoms with E-state index in [9.17, 15) is 13.2 Å². The van der Waals surface area contributed by atoms with Gasteiger partial charge in [0.1, 0.15) is 0 Å². The van der Waals surface area contributed by atoms with Crippen LogP contribution in [0.1, 0.15) is 41.4 Å². The topological polar surface area (TPSA) is 66.5 Å². The van der Waals surface area contributed by atoms with Crippen molar-refractivity contribution in [1.82, 2.24) is 5.32 Å². The number of amides is 1. The van der Waals surface area contributed by atoms with Gasteiger partial charge in [0, 0.05) is 11.6 Å². The van der Waals surface area contributed by atoms with E-state index in [4.69, 9.17) is 0 Å². The van der Waals surface area contributed by atoms with Gasteiger partial charge in [-0.05, 0) is 60.4 Å². The summed E-state index contributed by atoms with van der Waals surface area (Å²) in [5.41, 5.74) is 3.15. The number of fused-ring (bicyclic) bond motifs is 2. The minimum absolute atomic E-state index is 0.145. The van der Waals surface area contributed by atoms with Crippen molar-refractivity contribution in [1.29, 1.82) is 0 Å². The highest BCUT2D eigenvalue weighted by molar-refractivity contribution is 7.92. The SMILES string of the molecule is CC(NC(=O)c1ccc2c(c1)CC(C)N2S(C)(=O)=O)c1cccc2ccccc12. The average Bonchev–Trinajstić information content (AvgIpc) is 3.02. The van der Waals surface area contributed by atoms with Gasteiger partial charge in [0.2, 0.25) is 10.0 Å². The summed E-state index contributed by atoms with van der Waals surface area (Å²) < 4.78 is 25.6. The van der Waals surface area contributed by atoms with Crippen LogP contribution < -0.4 is 9.62 Å². The van der Waals surface area contributed by atoms with E-state index in [1.54, 1.807) is 12.1 Å². The second-order valence-electron chi connectivity index (χ2n) is 7.72. The molecule has 0 aromatic heterocycles. The van der Waals surface area contributed by atoms with Crippen LogP contribution in [-0.4, -0.2) is 26.6 Å². The summed E-state index contributed by atoms with van der Waals surface area (Å²) in [4.78, 5) is 12.9. The van der Waals surface area contributed by atoms with Crippen LogP contribution in [0.4, 0.5) is 5.69 Å². The molecule has 1 amide bonds. The second-order valence-corrected chi connectivity index (χ2v) is 9.58. The van der Waals surface area contributed by atoms with Crippen LogP contribution in [0, 0.1) is 0 Å². The number of hydrogen-bond acceptors (Lipinski definition) is 3. The molecule has 0 fully saturated rings. The normalized spacial score (nSPS) is 17.2. The first-order valence-electron chi connectivity index (χ1n) is 9.66. The smallest absolute Gasteiger partial charge is 0.251 e. The van der Waals surface area contributed by atoms with Crippen LogP contribution in [-0.2, 0) is 16.4 Å². The van der Waals surface area contributed by atoms with E-state index >= 15 is 0 Å². The fourth-order valence-corrected chi connectivity index (χ4v) is 5.50. The fraction of sp³-hybridized carbons (Fsp3) is 0.261. The third kappa shape index (κ3) is 3.60. The lowest BCUT2D eigenvalue weighted by atomic mass is 9.99. The Bertz CT molecular complexity index is 1200. The third-order valence-electron chi connectivity index (χ3n) is 5.49. The fourth-order valence-electron chi connectivity index (χ4n) is 4.24. The molecule has 4 rings (SSSR count). The monoisotopic (exact) mass is 408 g/mol. The summed E-state index contributed by atoms with van der Waals surface area (Å²) in [5, 5.41) is 5.33. The van der Waals surface area contributed by atoms with Crippen LogP contribution in [0.5, 0.6) is 0 Å². The minimum Gasteiger partial charge on any atom is -0.345 e. The first-order chi connectivity index (χ1) is 13.8. The highest BCUT2D eigenvalue weighted by atomic mass is 32.2. The van der Waals surface area contributed by atoms with Crippen molar-refractivity contribution in [3.05, 3.63) is 77.4 Å². The molecule has 29 heavy (non-hydrogen) atoms. The van der Waals surface area contributed by atoms with Gasteiger partial charge in [0.05, 0.1) is 18.0 Å². The van der Waals surface area contributed by atoms with E-state index in [1.165, 1.54) is 10.6 Å². The molecule has 0 spiro atoms. The summed E-state index contributed by atoms with van der Waals surface area (Å²) in [5.74, 6) is -0.168. The van der Waals surface area contributed by atoms with Crippen molar-refractivity contribution < 1.29 is 13.2 Å². The lowest BCUT2D eigenvalue weighted by molar-refractivity contribution is 0.0940. The molecule has 6 heteroatoms. The predicted molar refractivity (Wildman–Crippen MR) is 117 cm³/mol. The summed E-state index contributed by atoms with van der Waals surface area (Å²) in [6.45, 7) is 3.85. The van der Waals surface area contributed by atoms with Crippen molar-refractivity contribution in [2.45, 2.75) is 32.4 Å². The lowest BCUT2D eigenvalue weighted by Gasteiger charge is -2.22. The lowest BCUT2D eigenvalue weighted by Crippen LogP contribution is -2.34. The van der Waals surface area contributed by atoms with E-state index in [0.717, 1.165) is 21.9 Å². The van der Waals surface area contributed by atoms with Gasteiger partial charge < -0.3 is 5.32 Å². The van der Waals surface area contributed by atoms with E-state index in [0.29, 0.717) is 17.7 Å². The summed E-state index contributed by atoms with van der Waals surface area (Å²) in [6.07, 6.45) is 1.81. The second kappa shape index (κ2) is 7.19. The molecule has 3 aromatic rings. The van der Waals surface area contributed by atoms with E-state index in [-0.39, 0.29) is 18.0 Å². The van der Waals surface area contributed by atoms with Crippen molar-refractivity contribution in [3.63, 3.8) is 0 Å². The van der Waals surface area contributed by atoms with Crippen LogP contribution in [0.3, 0.4) is 0 Å². The molecule has 0 saturated carbocycles. The molecule has 1 aliphatic heterocycles. The number of nitrogens with zero attached hydrogens (tertiary/aromatic N) is 1. The van der Waals surface area contributed by atoms with Gasteiger partial charge in [-0.25, -0.2) is 8.42 Å². The summed E-state index contributed by atoms with van der Waals surface area (Å²) in [7, 11) is -3.34. The Morgan fingerprint density at radius 3 is 2.59 bits per heavy atom. The molecule has 1 N–H and O–H groups in total. The van der Waals surface area contributed by atoms with Crippen LogP contribution in [0.2, 0.25) is 0 Å². The standard InChI is InChI=1S/C23H24N2O3S/c1-15-13-19-14-18(11-12-22(19)25(15)29(3,27)28)23(26)24-16(2)20-10-6-8-17-7-4-5-9-21(17)20/h4-12,14-16H,13H2,1-3H3,(H,24,26). The number of carbonyl (C=O) groups is 1. The largest absolute Gasteiger partial charge is 0.345 e. The first kappa shape index (κ1) is 19.5. The maximum atomic E-state index is 12.9. The maximum Gasteiger partial charge on any atom is 0.251 e. The number of anilines is 1. The van der Waals surface area contributed by atoms with Gasteiger partial charge in [0.25, 0.3) is 5.91 Å². The van der Waals surface area contributed by atoms with Gasteiger partial charge >= 0.3 is 0 Å². The van der Waals surface area contributed by atoms with Crippen molar-refractivity contribution in [2.24, 2.45) is 0 Å². The Morgan fingerprint density at radius 1 is 1.10 bits per heavy atom. The van der Waals surface area contributed by atoms with Gasteiger partial charge in [-0.2, -0.15) is 0 Å². The predicted octanol–water partition coefficient (Wildman–Crippen LogP) is 4.04. The van der Waals surface area contributed by atoms with Gasteiger partial charge in [-0.1, -0.05) is 42.5 Å². The van der Waals surface area contributed by atoms with Crippen molar-refractivity contribution >= 4 is 32.4 Å². The average molecular weight is 409 g/mol. The Morgan fingerprint density at radius 2 is 1.83 bits per heavy atom. The molecular weight excluding hydrogens is 384 g/mol. The number of rotatable bonds is 4. The zero-order chi connectivity index (χ0) is 20.8. The molecular formula is C23H24N2O3S. The number of sulfonamides is 1. The molecule has 1 aliphatic rings. The quantitative estimate of drug-likeness (QED) is 0.708. The highest BCUT2D eigenvalue weighted by Crippen LogP contribution is 2.35. The molecule has 0 radical (unpaired) electrons. The zero-order valence-electron chi connectivity index (χ0n) is 16.7. The number of nitrogens with one attached hydrogen (secondary N) is 1. The van der Waals surface area contributed by atoms with E-state index < -0.39 is 10.0 Å². The first-order valence-corrected chi connectivity index (χ1v) is 11.5. The number of carbonyl (C=O) groups excluding carboxylic acids is 1. The molecule has 0 bridgehead atoms. The Labute approximate surface area is 171 Å². The summed E-state index contributed by atoms with van der Waals surface area (Å²) in [6, 6.07) is 19.1. The Hall–Kier alpha value is -2.86. The number of hydrogen-bond donors (Lipinski definition) is 1. The van der Waals surface area contributed by atoms with Crippen molar-refractivity contribution in [3.8, 4) is 0 Å². The zero-order valence-corrected chi connectivity index (χ0v) is 17.5. The molecule has 0 saturated heterocycles. The molecule has 0 aliphatic carbocycles. The van der Waals surface area contributed by atoms with Gasteiger partial charge in [-0.3, -0.25) is 9.10 Å². The van der Waals surface area contributed by atoms with Crippen LogP contribution in [0.25, 0.3) is 10.8 Å². The molecule has 2 unspecified atom stereocenters. The van der Waals surface area contributed by atoms with Crippen LogP contribution >= 0.6 is 0 Å². The third-order valence-corrected chi connectivity index (χ3v) is 6.76. The minimum atomic E-state index is -3.34. The Balaban J connectivity index is 1.59. The summed E-state index contributed by atoms with van der Waals surface area (Å²) >= 11 is 0. The molecule has 3 aromatic carbocycles. The molecule has 5 nitrogen and oxygen atoms in total. The van der Waals surface area contributed by atoms with E-state index in [2.05, 4.69) is 23.5 Å². The number of benzene rings is 3. The molecule has 1 heterocycles. The van der Waals surface area contributed by atoms with Gasteiger partial charge in [0.15, 0.2) is 0 Å².